The van der Waals surface area contributed by atoms with Crippen LogP contribution in [0.15, 0.2) is 59.5 Å². The molecule has 0 aliphatic rings. The van der Waals surface area contributed by atoms with E-state index in [0.717, 1.165) is 23.7 Å². The Kier molecular flexibility index (Phi) is 6.37. The standard InChI is InChI=1S/C16H18N2OS2/c1-19-14-7-9-15(10-8-14)21-12-11-17-16(20)18-13-5-3-2-4-6-13/h2-10H,11-12H2,1H3,(H2,17,18,20). The van der Waals surface area contributed by atoms with Gasteiger partial charge >= 0.3 is 0 Å². The van der Waals surface area contributed by atoms with E-state index in [1.165, 1.54) is 4.90 Å². The number of thiocarbonyl (C=S) groups is 1. The lowest BCUT2D eigenvalue weighted by atomic mass is 10.3. The topological polar surface area (TPSA) is 33.3 Å². The lowest BCUT2D eigenvalue weighted by Gasteiger charge is -2.10. The van der Waals surface area contributed by atoms with Crippen molar-refractivity contribution in [1.82, 2.24) is 5.32 Å². The van der Waals surface area contributed by atoms with Crippen molar-refractivity contribution < 1.29 is 4.74 Å². The second kappa shape index (κ2) is 8.54. The summed E-state index contributed by atoms with van der Waals surface area (Å²) in [5, 5.41) is 7.00. The summed E-state index contributed by atoms with van der Waals surface area (Å²) in [6.07, 6.45) is 0. The van der Waals surface area contributed by atoms with Crippen LogP contribution in [0.1, 0.15) is 0 Å². The molecule has 0 radical (unpaired) electrons. The van der Waals surface area contributed by atoms with Gasteiger partial charge in [0.1, 0.15) is 5.75 Å². The lowest BCUT2D eigenvalue weighted by Crippen LogP contribution is -2.30. The smallest absolute Gasteiger partial charge is 0.170 e. The van der Waals surface area contributed by atoms with Crippen molar-refractivity contribution in [3.63, 3.8) is 0 Å². The predicted molar refractivity (Wildman–Crippen MR) is 94.4 cm³/mol. The van der Waals surface area contributed by atoms with Crippen LogP contribution in [0.3, 0.4) is 0 Å². The minimum atomic E-state index is 0.650. The molecule has 0 saturated heterocycles. The molecule has 0 spiro atoms. The first-order valence-corrected chi connectivity index (χ1v) is 8.04. The van der Waals surface area contributed by atoms with Crippen molar-refractivity contribution in [2.24, 2.45) is 0 Å². The van der Waals surface area contributed by atoms with Gasteiger partial charge in [-0.15, -0.1) is 11.8 Å². The van der Waals surface area contributed by atoms with Crippen LogP contribution in [0, 0.1) is 0 Å². The highest BCUT2D eigenvalue weighted by Crippen LogP contribution is 2.20. The number of rotatable bonds is 6. The molecule has 0 atom stereocenters. The maximum atomic E-state index is 5.25. The molecule has 2 aromatic rings. The molecule has 21 heavy (non-hydrogen) atoms. The van der Waals surface area contributed by atoms with Crippen molar-refractivity contribution in [1.29, 1.82) is 0 Å². The third-order valence-electron chi connectivity index (χ3n) is 2.75. The highest BCUT2D eigenvalue weighted by atomic mass is 32.2. The van der Waals surface area contributed by atoms with E-state index in [-0.39, 0.29) is 0 Å². The molecule has 2 aromatic carbocycles. The van der Waals surface area contributed by atoms with Crippen molar-refractivity contribution in [3.05, 3.63) is 54.6 Å². The first-order chi connectivity index (χ1) is 10.3. The van der Waals surface area contributed by atoms with Gasteiger partial charge in [-0.05, 0) is 48.6 Å². The number of anilines is 1. The zero-order chi connectivity index (χ0) is 14.9. The van der Waals surface area contributed by atoms with E-state index in [0.29, 0.717) is 5.11 Å². The molecule has 5 heteroatoms. The van der Waals surface area contributed by atoms with Crippen LogP contribution in [0.5, 0.6) is 5.75 Å². The van der Waals surface area contributed by atoms with Gasteiger partial charge in [0, 0.05) is 22.9 Å². The van der Waals surface area contributed by atoms with Crippen molar-refractivity contribution in [2.75, 3.05) is 24.7 Å². The van der Waals surface area contributed by atoms with Gasteiger partial charge in [-0.2, -0.15) is 0 Å². The van der Waals surface area contributed by atoms with Gasteiger partial charge in [0.15, 0.2) is 5.11 Å². The average Bonchev–Trinajstić information content (AvgIpc) is 2.53. The second-order valence-electron chi connectivity index (χ2n) is 4.27. The van der Waals surface area contributed by atoms with Gasteiger partial charge < -0.3 is 15.4 Å². The molecule has 0 amide bonds. The fourth-order valence-electron chi connectivity index (χ4n) is 1.70. The summed E-state index contributed by atoms with van der Waals surface area (Å²) in [7, 11) is 1.67. The van der Waals surface area contributed by atoms with Gasteiger partial charge in [0.2, 0.25) is 0 Å². The molecular formula is C16H18N2OS2. The van der Waals surface area contributed by atoms with Crippen LogP contribution in [0.4, 0.5) is 5.69 Å². The Morgan fingerprint density at radius 1 is 1.10 bits per heavy atom. The Hall–Kier alpha value is -1.72. The monoisotopic (exact) mass is 318 g/mol. The van der Waals surface area contributed by atoms with Crippen LogP contribution in [-0.4, -0.2) is 24.5 Å². The molecule has 2 N–H and O–H groups in total. The maximum absolute atomic E-state index is 5.25. The number of hydrogen-bond donors (Lipinski definition) is 2. The summed E-state index contributed by atoms with van der Waals surface area (Å²) in [4.78, 5) is 1.22. The van der Waals surface area contributed by atoms with Gasteiger partial charge in [-0.1, -0.05) is 18.2 Å². The van der Waals surface area contributed by atoms with Crippen molar-refractivity contribution in [3.8, 4) is 5.75 Å². The van der Waals surface area contributed by atoms with E-state index in [9.17, 15) is 0 Å². The Morgan fingerprint density at radius 3 is 2.48 bits per heavy atom. The third-order valence-corrected chi connectivity index (χ3v) is 4.01. The number of benzene rings is 2. The van der Waals surface area contributed by atoms with Crippen LogP contribution >= 0.6 is 24.0 Å². The Morgan fingerprint density at radius 2 is 1.81 bits per heavy atom. The minimum absolute atomic E-state index is 0.650. The van der Waals surface area contributed by atoms with Crippen molar-refractivity contribution >= 4 is 34.8 Å². The molecule has 0 aliphatic carbocycles. The summed E-state index contributed by atoms with van der Waals surface area (Å²) in [6, 6.07) is 18.0. The van der Waals surface area contributed by atoms with E-state index < -0.39 is 0 Å². The molecule has 0 saturated carbocycles. The van der Waals surface area contributed by atoms with E-state index in [1.54, 1.807) is 18.9 Å². The molecule has 2 rings (SSSR count). The van der Waals surface area contributed by atoms with Gasteiger partial charge in [-0.3, -0.25) is 0 Å². The summed E-state index contributed by atoms with van der Waals surface area (Å²) in [5.41, 5.74) is 0.998. The molecule has 0 aromatic heterocycles. The number of para-hydroxylation sites is 1. The predicted octanol–water partition coefficient (Wildman–Crippen LogP) is 3.77. The minimum Gasteiger partial charge on any atom is -0.497 e. The van der Waals surface area contributed by atoms with E-state index in [4.69, 9.17) is 17.0 Å². The average molecular weight is 318 g/mol. The fourth-order valence-corrected chi connectivity index (χ4v) is 2.69. The summed E-state index contributed by atoms with van der Waals surface area (Å²) < 4.78 is 5.14. The molecule has 0 unspecified atom stereocenters. The SMILES string of the molecule is COc1ccc(SCCNC(=S)Nc2ccccc2)cc1. The number of hydrogen-bond acceptors (Lipinski definition) is 3. The summed E-state index contributed by atoms with van der Waals surface area (Å²) >= 11 is 7.03. The maximum Gasteiger partial charge on any atom is 0.170 e. The van der Waals surface area contributed by atoms with Crippen LogP contribution in [-0.2, 0) is 0 Å². The number of nitrogens with one attached hydrogen (secondary N) is 2. The Balaban J connectivity index is 1.66. The van der Waals surface area contributed by atoms with E-state index in [2.05, 4.69) is 22.8 Å². The molecule has 0 bridgehead atoms. The van der Waals surface area contributed by atoms with Crippen LogP contribution in [0.2, 0.25) is 0 Å². The van der Waals surface area contributed by atoms with Crippen LogP contribution in [0.25, 0.3) is 0 Å². The quantitative estimate of drug-likeness (QED) is 0.481. The number of ether oxygens (including phenoxy) is 1. The van der Waals surface area contributed by atoms with Gasteiger partial charge in [0.05, 0.1) is 7.11 Å². The highest BCUT2D eigenvalue weighted by molar-refractivity contribution is 7.99. The van der Waals surface area contributed by atoms with E-state index >= 15 is 0 Å². The molecule has 3 nitrogen and oxygen atoms in total. The Bertz CT molecular complexity index is 558. The summed E-state index contributed by atoms with van der Waals surface area (Å²) in [6.45, 7) is 0.815. The lowest BCUT2D eigenvalue weighted by molar-refractivity contribution is 0.414. The molecule has 0 heterocycles. The zero-order valence-corrected chi connectivity index (χ0v) is 13.5. The largest absolute Gasteiger partial charge is 0.497 e. The Labute approximate surface area is 135 Å². The molecule has 0 fully saturated rings. The normalized spacial score (nSPS) is 9.95. The van der Waals surface area contributed by atoms with Crippen LogP contribution < -0.4 is 15.4 Å². The zero-order valence-electron chi connectivity index (χ0n) is 11.8. The fraction of sp³-hybridized carbons (Fsp3) is 0.188. The van der Waals surface area contributed by atoms with Crippen molar-refractivity contribution in [2.45, 2.75) is 4.90 Å². The first-order valence-electron chi connectivity index (χ1n) is 6.64. The highest BCUT2D eigenvalue weighted by Gasteiger charge is 1.98. The summed E-state index contributed by atoms with van der Waals surface area (Å²) in [5.74, 6) is 1.83. The number of thioether (sulfide) groups is 1. The third kappa shape index (κ3) is 5.65. The molecule has 0 aliphatic heterocycles. The number of methoxy groups -OCH3 is 1. The first kappa shape index (κ1) is 15.7. The van der Waals surface area contributed by atoms with Gasteiger partial charge in [-0.25, -0.2) is 0 Å². The van der Waals surface area contributed by atoms with Gasteiger partial charge in [0.25, 0.3) is 0 Å². The second-order valence-corrected chi connectivity index (χ2v) is 5.85. The van der Waals surface area contributed by atoms with E-state index in [1.807, 2.05) is 42.5 Å². The molecule has 110 valence electrons. The molecular weight excluding hydrogens is 300 g/mol.